The van der Waals surface area contributed by atoms with Crippen LogP contribution in [0.4, 0.5) is 0 Å². The van der Waals surface area contributed by atoms with E-state index >= 15 is 0 Å². The first-order chi connectivity index (χ1) is 8.69. The van der Waals surface area contributed by atoms with E-state index in [1.807, 2.05) is 6.92 Å². The average molecular weight is 310 g/mol. The molecule has 0 aromatic rings. The zero-order chi connectivity index (χ0) is 14.3. The number of sulfone groups is 1. The summed E-state index contributed by atoms with van der Waals surface area (Å²) in [5, 5.41) is -0.554. The second-order valence-electron chi connectivity index (χ2n) is 5.78. The maximum atomic E-state index is 12.3. The van der Waals surface area contributed by atoms with E-state index in [9.17, 15) is 16.8 Å². The van der Waals surface area contributed by atoms with Crippen LogP contribution in [0.1, 0.15) is 32.6 Å². The minimum atomic E-state index is -3.38. The molecule has 0 amide bonds. The third kappa shape index (κ3) is 3.12. The molecule has 2 saturated heterocycles. The standard InChI is InChI=1S/C11H22N2O4S2/c1-2-5-11(12)8-13(9-11)19(16,17)10-3-6-18(14,15)7-4-10/h10H,2-9,12H2,1H3. The zero-order valence-electron chi connectivity index (χ0n) is 11.2. The smallest absolute Gasteiger partial charge is 0.217 e. The van der Waals surface area contributed by atoms with Crippen molar-refractivity contribution < 1.29 is 16.8 Å². The van der Waals surface area contributed by atoms with E-state index in [1.165, 1.54) is 4.31 Å². The maximum absolute atomic E-state index is 12.3. The van der Waals surface area contributed by atoms with Gasteiger partial charge in [0.05, 0.1) is 16.8 Å². The highest BCUT2D eigenvalue weighted by atomic mass is 32.2. The minimum Gasteiger partial charge on any atom is -0.323 e. The van der Waals surface area contributed by atoms with Crippen LogP contribution < -0.4 is 5.73 Å². The number of hydrogen-bond acceptors (Lipinski definition) is 5. The molecule has 2 fully saturated rings. The molecule has 2 aliphatic rings. The fourth-order valence-electron chi connectivity index (χ4n) is 2.87. The van der Waals surface area contributed by atoms with Gasteiger partial charge in [-0.3, -0.25) is 0 Å². The molecule has 0 saturated carbocycles. The summed E-state index contributed by atoms with van der Waals surface area (Å²) in [5.74, 6) is -0.0407. The van der Waals surface area contributed by atoms with Crippen LogP contribution in [0.5, 0.6) is 0 Å². The molecule has 0 radical (unpaired) electrons. The van der Waals surface area contributed by atoms with Crippen LogP contribution in [-0.2, 0) is 19.9 Å². The topological polar surface area (TPSA) is 97.5 Å². The highest BCUT2D eigenvalue weighted by Gasteiger charge is 2.47. The molecule has 2 aliphatic heterocycles. The average Bonchev–Trinajstić information content (AvgIpc) is 2.25. The molecule has 0 aromatic carbocycles. The van der Waals surface area contributed by atoms with Crippen LogP contribution >= 0.6 is 0 Å². The summed E-state index contributed by atoms with van der Waals surface area (Å²) in [7, 11) is -6.41. The quantitative estimate of drug-likeness (QED) is 0.769. The van der Waals surface area contributed by atoms with E-state index in [0.29, 0.717) is 13.1 Å². The lowest BCUT2D eigenvalue weighted by molar-refractivity contribution is 0.145. The van der Waals surface area contributed by atoms with Gasteiger partial charge in [0.15, 0.2) is 0 Å². The molecule has 0 unspecified atom stereocenters. The van der Waals surface area contributed by atoms with Crippen LogP contribution in [0, 0.1) is 0 Å². The number of hydrogen-bond donors (Lipinski definition) is 1. The molecule has 0 spiro atoms. The Morgan fingerprint density at radius 1 is 1.26 bits per heavy atom. The van der Waals surface area contributed by atoms with Crippen molar-refractivity contribution in [3.8, 4) is 0 Å². The Bertz CT molecular complexity index is 521. The molecule has 0 bridgehead atoms. The molecule has 2 N–H and O–H groups in total. The molecule has 0 atom stereocenters. The first kappa shape index (κ1) is 15.2. The van der Waals surface area contributed by atoms with Crippen LogP contribution in [0.15, 0.2) is 0 Å². The van der Waals surface area contributed by atoms with Crippen molar-refractivity contribution in [3.63, 3.8) is 0 Å². The van der Waals surface area contributed by atoms with E-state index in [-0.39, 0.29) is 29.9 Å². The molecule has 0 aliphatic carbocycles. The molecular formula is C11H22N2O4S2. The molecule has 6 nitrogen and oxygen atoms in total. The third-order valence-electron chi connectivity index (χ3n) is 4.01. The molecule has 2 heterocycles. The molecule has 112 valence electrons. The Morgan fingerprint density at radius 3 is 2.26 bits per heavy atom. The lowest BCUT2D eigenvalue weighted by Crippen LogP contribution is -2.69. The second-order valence-corrected chi connectivity index (χ2v) is 10.3. The van der Waals surface area contributed by atoms with Gasteiger partial charge < -0.3 is 5.73 Å². The van der Waals surface area contributed by atoms with Crippen molar-refractivity contribution in [1.82, 2.24) is 4.31 Å². The van der Waals surface area contributed by atoms with Gasteiger partial charge in [-0.25, -0.2) is 16.8 Å². The van der Waals surface area contributed by atoms with Gasteiger partial charge in [-0.2, -0.15) is 4.31 Å². The van der Waals surface area contributed by atoms with Crippen molar-refractivity contribution in [2.45, 2.75) is 43.4 Å². The molecule has 0 aromatic heterocycles. The number of nitrogens with two attached hydrogens (primary N) is 1. The van der Waals surface area contributed by atoms with Crippen molar-refractivity contribution in [2.24, 2.45) is 5.73 Å². The van der Waals surface area contributed by atoms with Crippen LogP contribution in [0.25, 0.3) is 0 Å². The van der Waals surface area contributed by atoms with E-state index in [4.69, 9.17) is 5.73 Å². The van der Waals surface area contributed by atoms with E-state index in [2.05, 4.69) is 0 Å². The van der Waals surface area contributed by atoms with E-state index in [0.717, 1.165) is 12.8 Å². The Hall–Kier alpha value is -0.180. The second kappa shape index (κ2) is 4.98. The summed E-state index contributed by atoms with van der Waals surface area (Å²) in [4.78, 5) is 0. The number of rotatable bonds is 4. The fraction of sp³-hybridized carbons (Fsp3) is 1.00. The fourth-order valence-corrected chi connectivity index (χ4v) is 6.79. The highest BCUT2D eigenvalue weighted by molar-refractivity contribution is 7.92. The lowest BCUT2D eigenvalue weighted by atomic mass is 9.89. The summed E-state index contributed by atoms with van der Waals surface area (Å²) in [6.07, 6.45) is 2.18. The van der Waals surface area contributed by atoms with Crippen molar-refractivity contribution in [3.05, 3.63) is 0 Å². The predicted octanol–water partition coefficient (Wildman–Crippen LogP) is -0.293. The maximum Gasteiger partial charge on any atom is 0.217 e. The Kier molecular flexibility index (Phi) is 3.99. The van der Waals surface area contributed by atoms with Crippen molar-refractivity contribution in [1.29, 1.82) is 0 Å². The van der Waals surface area contributed by atoms with Crippen LogP contribution in [0.2, 0.25) is 0 Å². The Labute approximate surface area is 115 Å². The van der Waals surface area contributed by atoms with Gasteiger partial charge in [0.2, 0.25) is 10.0 Å². The molecule has 2 rings (SSSR count). The largest absolute Gasteiger partial charge is 0.323 e. The Morgan fingerprint density at radius 2 is 1.79 bits per heavy atom. The lowest BCUT2D eigenvalue weighted by Gasteiger charge is -2.48. The van der Waals surface area contributed by atoms with Gasteiger partial charge in [-0.15, -0.1) is 0 Å². The summed E-state index contributed by atoms with van der Waals surface area (Å²) in [6, 6.07) is 0. The minimum absolute atomic E-state index is 0.0204. The summed E-state index contributed by atoms with van der Waals surface area (Å²) >= 11 is 0. The van der Waals surface area contributed by atoms with Gasteiger partial charge in [0, 0.05) is 18.6 Å². The van der Waals surface area contributed by atoms with Gasteiger partial charge in [-0.1, -0.05) is 13.3 Å². The zero-order valence-corrected chi connectivity index (χ0v) is 12.8. The monoisotopic (exact) mass is 310 g/mol. The van der Waals surface area contributed by atoms with Crippen molar-refractivity contribution in [2.75, 3.05) is 24.6 Å². The summed E-state index contributed by atoms with van der Waals surface area (Å²) in [5.41, 5.74) is 5.68. The predicted molar refractivity (Wildman–Crippen MR) is 74.0 cm³/mol. The normalized spacial score (nSPS) is 27.9. The number of nitrogens with zero attached hydrogens (tertiary/aromatic N) is 1. The molecular weight excluding hydrogens is 288 g/mol. The van der Waals surface area contributed by atoms with Crippen LogP contribution in [0.3, 0.4) is 0 Å². The summed E-state index contributed by atoms with van der Waals surface area (Å²) in [6.45, 7) is 2.76. The van der Waals surface area contributed by atoms with Crippen molar-refractivity contribution >= 4 is 19.9 Å². The van der Waals surface area contributed by atoms with Gasteiger partial charge in [0.1, 0.15) is 9.84 Å². The van der Waals surface area contributed by atoms with Crippen LogP contribution in [-0.4, -0.2) is 56.5 Å². The number of sulfonamides is 1. The van der Waals surface area contributed by atoms with E-state index in [1.54, 1.807) is 0 Å². The highest BCUT2D eigenvalue weighted by Crippen LogP contribution is 2.31. The van der Waals surface area contributed by atoms with Gasteiger partial charge in [-0.05, 0) is 19.3 Å². The van der Waals surface area contributed by atoms with E-state index < -0.39 is 25.1 Å². The Balaban J connectivity index is 1.98. The summed E-state index contributed by atoms with van der Waals surface area (Å²) < 4.78 is 48.8. The molecule has 19 heavy (non-hydrogen) atoms. The SMILES string of the molecule is CCCC1(N)CN(S(=O)(=O)C2CCS(=O)(=O)CC2)C1. The van der Waals surface area contributed by atoms with Gasteiger partial charge in [0.25, 0.3) is 0 Å². The third-order valence-corrected chi connectivity index (χ3v) is 8.02. The van der Waals surface area contributed by atoms with Gasteiger partial charge >= 0.3 is 0 Å². The first-order valence-electron chi connectivity index (χ1n) is 6.67. The molecule has 8 heteroatoms. The first-order valence-corrected chi connectivity index (χ1v) is 9.99.